The van der Waals surface area contributed by atoms with Crippen LogP contribution in [0.1, 0.15) is 52.4 Å². The van der Waals surface area contributed by atoms with Gasteiger partial charge >= 0.3 is 0 Å². The van der Waals surface area contributed by atoms with E-state index in [-0.39, 0.29) is 11.6 Å². The van der Waals surface area contributed by atoms with Gasteiger partial charge in [-0.25, -0.2) is 0 Å². The molecule has 0 bridgehead atoms. The molecule has 2 aliphatic rings. The van der Waals surface area contributed by atoms with Gasteiger partial charge in [-0.15, -0.1) is 0 Å². The molecule has 0 aromatic rings. The SMILES string of the molecule is CCC(CC)(C(N)C1=COCCC1)N1CCCC1. The number of nitrogens with zero attached hydrogens (tertiary/aromatic N) is 1. The van der Waals surface area contributed by atoms with Crippen LogP contribution in [0.2, 0.25) is 0 Å². The van der Waals surface area contributed by atoms with Crippen molar-refractivity contribution in [2.24, 2.45) is 5.73 Å². The summed E-state index contributed by atoms with van der Waals surface area (Å²) in [4.78, 5) is 2.63. The van der Waals surface area contributed by atoms with E-state index in [0.717, 1.165) is 32.3 Å². The number of nitrogens with two attached hydrogens (primary N) is 1. The van der Waals surface area contributed by atoms with Gasteiger partial charge in [-0.3, -0.25) is 4.90 Å². The van der Waals surface area contributed by atoms with E-state index in [1.165, 1.54) is 31.5 Å². The molecular weight excluding hydrogens is 224 g/mol. The first-order valence-corrected chi connectivity index (χ1v) is 7.55. The Morgan fingerprint density at radius 1 is 1.28 bits per heavy atom. The summed E-state index contributed by atoms with van der Waals surface area (Å²) in [5, 5.41) is 0. The van der Waals surface area contributed by atoms with Gasteiger partial charge in [-0.1, -0.05) is 13.8 Å². The molecule has 2 N–H and O–H groups in total. The fourth-order valence-corrected chi connectivity index (χ4v) is 3.65. The van der Waals surface area contributed by atoms with Crippen LogP contribution in [0.4, 0.5) is 0 Å². The lowest BCUT2D eigenvalue weighted by molar-refractivity contribution is 0.0828. The molecule has 1 saturated heterocycles. The van der Waals surface area contributed by atoms with E-state index in [1.807, 2.05) is 6.26 Å². The molecule has 0 radical (unpaired) electrons. The summed E-state index contributed by atoms with van der Waals surface area (Å²) in [5.41, 5.74) is 8.10. The molecule has 1 unspecified atom stereocenters. The largest absolute Gasteiger partial charge is 0.501 e. The molecule has 0 saturated carbocycles. The molecule has 0 aliphatic carbocycles. The summed E-state index contributed by atoms with van der Waals surface area (Å²) in [7, 11) is 0. The van der Waals surface area contributed by atoms with E-state index in [9.17, 15) is 0 Å². The Labute approximate surface area is 111 Å². The third kappa shape index (κ3) is 2.43. The second kappa shape index (κ2) is 6.07. The van der Waals surface area contributed by atoms with E-state index in [0.29, 0.717) is 0 Å². The molecule has 104 valence electrons. The molecule has 0 aromatic carbocycles. The average molecular weight is 252 g/mol. The molecular formula is C15H28N2O. The van der Waals surface area contributed by atoms with Crippen LogP contribution in [-0.4, -0.2) is 36.2 Å². The number of rotatable bonds is 5. The standard InChI is InChI=1S/C15H28N2O/c1-3-15(4-2,17-9-5-6-10-17)14(16)13-8-7-11-18-12-13/h12,14H,3-11,16H2,1-2H3. The maximum atomic E-state index is 6.64. The molecule has 18 heavy (non-hydrogen) atoms. The van der Waals surface area contributed by atoms with Crippen LogP contribution in [0, 0.1) is 0 Å². The van der Waals surface area contributed by atoms with E-state index in [4.69, 9.17) is 10.5 Å². The number of hydrogen-bond acceptors (Lipinski definition) is 3. The van der Waals surface area contributed by atoms with Crippen molar-refractivity contribution in [1.82, 2.24) is 4.90 Å². The van der Waals surface area contributed by atoms with E-state index in [2.05, 4.69) is 18.7 Å². The van der Waals surface area contributed by atoms with Crippen LogP contribution in [0.15, 0.2) is 11.8 Å². The van der Waals surface area contributed by atoms with Gasteiger partial charge in [0, 0.05) is 11.6 Å². The molecule has 1 atom stereocenters. The Bertz CT molecular complexity index is 291. The maximum absolute atomic E-state index is 6.64. The van der Waals surface area contributed by atoms with Crippen LogP contribution in [0.3, 0.4) is 0 Å². The normalized spacial score (nSPS) is 23.6. The van der Waals surface area contributed by atoms with Gasteiger partial charge in [0.15, 0.2) is 0 Å². The van der Waals surface area contributed by atoms with Gasteiger partial charge in [-0.2, -0.15) is 0 Å². The van der Waals surface area contributed by atoms with Crippen molar-refractivity contribution < 1.29 is 4.74 Å². The molecule has 2 heterocycles. The fourth-order valence-electron chi connectivity index (χ4n) is 3.65. The Morgan fingerprint density at radius 3 is 2.44 bits per heavy atom. The smallest absolute Gasteiger partial charge is 0.0876 e. The quantitative estimate of drug-likeness (QED) is 0.817. The van der Waals surface area contributed by atoms with E-state index < -0.39 is 0 Å². The van der Waals surface area contributed by atoms with Crippen molar-refractivity contribution in [1.29, 1.82) is 0 Å². The zero-order valence-electron chi connectivity index (χ0n) is 12.0. The highest BCUT2D eigenvalue weighted by Gasteiger charge is 2.41. The molecule has 2 aliphatic heterocycles. The van der Waals surface area contributed by atoms with Crippen LogP contribution in [-0.2, 0) is 4.74 Å². The van der Waals surface area contributed by atoms with Gasteiger partial charge in [-0.05, 0) is 57.2 Å². The Kier molecular flexibility index (Phi) is 4.68. The van der Waals surface area contributed by atoms with Gasteiger partial charge in [0.1, 0.15) is 0 Å². The summed E-state index contributed by atoms with van der Waals surface area (Å²) in [5.74, 6) is 0. The second-order valence-corrected chi connectivity index (χ2v) is 5.65. The predicted molar refractivity (Wildman–Crippen MR) is 75.4 cm³/mol. The highest BCUT2D eigenvalue weighted by atomic mass is 16.5. The van der Waals surface area contributed by atoms with Crippen molar-refractivity contribution in [3.63, 3.8) is 0 Å². The topological polar surface area (TPSA) is 38.5 Å². The van der Waals surface area contributed by atoms with Gasteiger partial charge in [0.05, 0.1) is 12.9 Å². The van der Waals surface area contributed by atoms with Crippen LogP contribution in [0.5, 0.6) is 0 Å². The fraction of sp³-hybridized carbons (Fsp3) is 0.867. The Hall–Kier alpha value is -0.540. The third-order valence-electron chi connectivity index (χ3n) is 4.90. The Balaban J connectivity index is 2.19. The lowest BCUT2D eigenvalue weighted by atomic mass is 9.78. The van der Waals surface area contributed by atoms with Crippen LogP contribution in [0.25, 0.3) is 0 Å². The minimum Gasteiger partial charge on any atom is -0.501 e. The van der Waals surface area contributed by atoms with Crippen LogP contribution >= 0.6 is 0 Å². The molecule has 1 fully saturated rings. The number of likely N-dealkylation sites (tertiary alicyclic amines) is 1. The maximum Gasteiger partial charge on any atom is 0.0876 e. The summed E-state index contributed by atoms with van der Waals surface area (Å²) in [6.45, 7) is 7.84. The van der Waals surface area contributed by atoms with E-state index in [1.54, 1.807) is 0 Å². The van der Waals surface area contributed by atoms with Crippen molar-refractivity contribution in [2.45, 2.75) is 64.0 Å². The third-order valence-corrected chi connectivity index (χ3v) is 4.90. The van der Waals surface area contributed by atoms with Gasteiger partial charge in [0.25, 0.3) is 0 Å². The molecule has 0 spiro atoms. The lowest BCUT2D eigenvalue weighted by Crippen LogP contribution is -2.59. The van der Waals surface area contributed by atoms with Gasteiger partial charge < -0.3 is 10.5 Å². The monoisotopic (exact) mass is 252 g/mol. The second-order valence-electron chi connectivity index (χ2n) is 5.65. The molecule has 0 aromatic heterocycles. The van der Waals surface area contributed by atoms with Gasteiger partial charge in [0.2, 0.25) is 0 Å². The summed E-state index contributed by atoms with van der Waals surface area (Å²) in [6, 6.07) is 0.130. The zero-order valence-corrected chi connectivity index (χ0v) is 12.0. The molecule has 3 heteroatoms. The van der Waals surface area contributed by atoms with Crippen LogP contribution < -0.4 is 5.73 Å². The zero-order chi connectivity index (χ0) is 13.0. The molecule has 2 rings (SSSR count). The Morgan fingerprint density at radius 2 is 1.94 bits per heavy atom. The lowest BCUT2D eigenvalue weighted by Gasteiger charge is -2.46. The average Bonchev–Trinajstić information content (AvgIpc) is 2.96. The minimum absolute atomic E-state index is 0.130. The predicted octanol–water partition coefficient (Wildman–Crippen LogP) is 2.66. The molecule has 3 nitrogen and oxygen atoms in total. The first kappa shape index (κ1) is 13.9. The number of hydrogen-bond donors (Lipinski definition) is 1. The summed E-state index contributed by atoms with van der Waals surface area (Å²) < 4.78 is 5.49. The highest BCUT2D eigenvalue weighted by molar-refractivity contribution is 5.18. The van der Waals surface area contributed by atoms with E-state index >= 15 is 0 Å². The highest BCUT2D eigenvalue weighted by Crippen LogP contribution is 2.35. The summed E-state index contributed by atoms with van der Waals surface area (Å²) >= 11 is 0. The van der Waals surface area contributed by atoms with Crippen molar-refractivity contribution in [3.05, 3.63) is 11.8 Å². The first-order chi connectivity index (χ1) is 8.74. The van der Waals surface area contributed by atoms with Crippen molar-refractivity contribution in [2.75, 3.05) is 19.7 Å². The molecule has 0 amide bonds. The summed E-state index contributed by atoms with van der Waals surface area (Å²) in [6.07, 6.45) is 9.06. The number of ether oxygens (including phenoxy) is 1. The van der Waals surface area contributed by atoms with Crippen molar-refractivity contribution in [3.8, 4) is 0 Å². The van der Waals surface area contributed by atoms with Crippen molar-refractivity contribution >= 4 is 0 Å². The minimum atomic E-state index is 0.130. The first-order valence-electron chi connectivity index (χ1n) is 7.55.